The average molecular weight is 421 g/mol. The molecule has 0 bridgehead atoms. The van der Waals surface area contributed by atoms with Gasteiger partial charge in [-0.25, -0.2) is 9.37 Å². The Bertz CT molecular complexity index is 1230. The number of carbonyl (C=O) groups is 2. The number of hydrogen-bond donors (Lipinski definition) is 1. The molecule has 1 fully saturated rings. The largest absolute Gasteiger partial charge is 0.324 e. The maximum Gasteiger partial charge on any atom is 0.269 e. The number of hydrogen-bond acceptors (Lipinski definition) is 6. The summed E-state index contributed by atoms with van der Waals surface area (Å²) in [4.78, 5) is 33.8. The number of halogens is 1. The maximum absolute atomic E-state index is 14.0. The van der Waals surface area contributed by atoms with E-state index in [2.05, 4.69) is 15.4 Å². The molecule has 6 rings (SSSR count). The monoisotopic (exact) mass is 421 g/mol. The molecule has 0 radical (unpaired) electrons. The zero-order valence-corrected chi connectivity index (χ0v) is 16.7. The minimum Gasteiger partial charge on any atom is -0.324 e. The van der Waals surface area contributed by atoms with Crippen LogP contribution in [0.2, 0.25) is 0 Å². The molecule has 3 aliphatic heterocycles. The number of amides is 1. The lowest BCUT2D eigenvalue weighted by molar-refractivity contribution is -0.126. The van der Waals surface area contributed by atoms with E-state index in [0.717, 1.165) is 11.1 Å². The molecule has 30 heavy (non-hydrogen) atoms. The average Bonchev–Trinajstić information content (AvgIpc) is 3.44. The minimum atomic E-state index is -1.24. The molecule has 2 aromatic carbocycles. The first-order valence-corrected chi connectivity index (χ1v) is 10.3. The fourth-order valence-corrected chi connectivity index (χ4v) is 6.97. The number of anilines is 1. The van der Waals surface area contributed by atoms with Gasteiger partial charge < -0.3 is 5.32 Å². The second-order valence-corrected chi connectivity index (χ2v) is 9.01. The molecule has 0 unspecified atom stereocenters. The molecule has 0 saturated carbocycles. The second kappa shape index (κ2) is 5.77. The zero-order chi connectivity index (χ0) is 20.7. The molecular formula is C21H16FN5O2S. The lowest BCUT2D eigenvalue weighted by atomic mass is 9.72. The molecule has 1 amide bonds. The summed E-state index contributed by atoms with van der Waals surface area (Å²) in [7, 11) is 1.86. The van der Waals surface area contributed by atoms with Crippen molar-refractivity contribution < 1.29 is 14.0 Å². The van der Waals surface area contributed by atoms with Gasteiger partial charge in [-0.15, -0.1) is 0 Å². The first-order chi connectivity index (χ1) is 14.5. The lowest BCUT2D eigenvalue weighted by Crippen LogP contribution is -2.61. The molecule has 9 heteroatoms. The van der Waals surface area contributed by atoms with E-state index in [1.54, 1.807) is 12.1 Å². The van der Waals surface area contributed by atoms with Gasteiger partial charge in [0.1, 0.15) is 16.9 Å². The number of likely N-dealkylation sites (tertiary alicyclic amines) is 1. The summed E-state index contributed by atoms with van der Waals surface area (Å²) >= 11 is 1.28. The van der Waals surface area contributed by atoms with Crippen molar-refractivity contribution in [2.45, 2.75) is 21.4 Å². The molecule has 1 aromatic heterocycles. The summed E-state index contributed by atoms with van der Waals surface area (Å²) in [6, 6.07) is 13.6. The van der Waals surface area contributed by atoms with Crippen LogP contribution in [-0.4, -0.2) is 49.8 Å². The Morgan fingerprint density at radius 3 is 2.70 bits per heavy atom. The summed E-state index contributed by atoms with van der Waals surface area (Å²) < 4.78 is 13.7. The van der Waals surface area contributed by atoms with Crippen molar-refractivity contribution in [2.75, 3.05) is 18.9 Å². The number of thioether (sulfide) groups is 1. The second-order valence-electron chi connectivity index (χ2n) is 7.79. The normalized spacial score (nSPS) is 29.6. The quantitative estimate of drug-likeness (QED) is 0.650. The molecule has 7 nitrogen and oxygen atoms in total. The number of aromatic nitrogens is 3. The molecule has 0 aliphatic carbocycles. The minimum absolute atomic E-state index is 0.248. The highest BCUT2D eigenvalue weighted by atomic mass is 32.2. The highest BCUT2D eigenvalue weighted by molar-refractivity contribution is 8.01. The van der Waals surface area contributed by atoms with Gasteiger partial charge in [0, 0.05) is 23.7 Å². The van der Waals surface area contributed by atoms with Crippen molar-refractivity contribution in [2.24, 2.45) is 0 Å². The fourth-order valence-electron chi connectivity index (χ4n) is 5.33. The van der Waals surface area contributed by atoms with Gasteiger partial charge in [0.25, 0.3) is 11.8 Å². The molecule has 1 N–H and O–H groups in total. The van der Waals surface area contributed by atoms with Crippen LogP contribution in [0.15, 0.2) is 60.0 Å². The fraction of sp³-hybridized carbons (Fsp3) is 0.238. The zero-order valence-electron chi connectivity index (χ0n) is 15.9. The van der Waals surface area contributed by atoms with E-state index < -0.39 is 10.3 Å². The van der Waals surface area contributed by atoms with Crippen LogP contribution in [0.1, 0.15) is 21.8 Å². The molecule has 3 atom stereocenters. The Hall–Kier alpha value is -3.04. The van der Waals surface area contributed by atoms with Gasteiger partial charge in [-0.05, 0) is 30.8 Å². The smallest absolute Gasteiger partial charge is 0.269 e. The van der Waals surface area contributed by atoms with Gasteiger partial charge in [0.15, 0.2) is 10.7 Å². The number of benzene rings is 2. The topological polar surface area (TPSA) is 80.1 Å². The predicted molar refractivity (Wildman–Crippen MR) is 108 cm³/mol. The van der Waals surface area contributed by atoms with Crippen molar-refractivity contribution in [3.8, 4) is 0 Å². The van der Waals surface area contributed by atoms with Crippen LogP contribution >= 0.6 is 11.8 Å². The van der Waals surface area contributed by atoms with E-state index in [1.165, 1.54) is 34.9 Å². The number of rotatable bonds is 1. The first-order valence-electron chi connectivity index (χ1n) is 9.51. The van der Waals surface area contributed by atoms with Crippen molar-refractivity contribution in [3.63, 3.8) is 0 Å². The summed E-state index contributed by atoms with van der Waals surface area (Å²) in [5.74, 6) is -1.26. The molecular weight excluding hydrogens is 405 g/mol. The van der Waals surface area contributed by atoms with Gasteiger partial charge in [-0.3, -0.25) is 14.5 Å². The summed E-state index contributed by atoms with van der Waals surface area (Å²) in [6.45, 7) is 0.441. The van der Waals surface area contributed by atoms with E-state index >= 15 is 0 Å². The van der Waals surface area contributed by atoms with Crippen molar-refractivity contribution >= 4 is 29.3 Å². The third kappa shape index (κ3) is 1.85. The molecule has 3 aromatic rings. The van der Waals surface area contributed by atoms with E-state index in [0.29, 0.717) is 17.4 Å². The number of nitrogens with one attached hydrogen (secondary N) is 1. The maximum atomic E-state index is 14.0. The van der Waals surface area contributed by atoms with E-state index in [4.69, 9.17) is 0 Å². The Morgan fingerprint density at radius 2 is 1.93 bits per heavy atom. The lowest BCUT2D eigenvalue weighted by Gasteiger charge is -2.41. The van der Waals surface area contributed by atoms with Gasteiger partial charge in [-0.1, -0.05) is 42.1 Å². The third-order valence-electron chi connectivity index (χ3n) is 6.50. The molecule has 2 spiro atoms. The first kappa shape index (κ1) is 17.8. The number of para-hydroxylation sites is 1. The van der Waals surface area contributed by atoms with E-state index in [9.17, 15) is 14.0 Å². The number of fused-ring (bicyclic) bond motifs is 4. The van der Waals surface area contributed by atoms with Gasteiger partial charge in [0.05, 0.1) is 0 Å². The standard InChI is InChI=1S/C21H16FN5O2S/c1-26-10-15(12-6-8-13(22)9-7-12)21(18(29)27-19(30-21)23-11-24-27)20(26)14-4-2-3-5-16(14)25-17(20)28/h2-9,11,15H,10H2,1H3,(H,25,28)/t15-,20+,21-/m0/s1. The third-order valence-corrected chi connectivity index (χ3v) is 8.04. The van der Waals surface area contributed by atoms with Gasteiger partial charge >= 0.3 is 0 Å². The molecule has 3 aliphatic rings. The summed E-state index contributed by atoms with van der Waals surface area (Å²) in [5, 5.41) is 7.56. The van der Waals surface area contributed by atoms with Crippen LogP contribution in [0, 0.1) is 5.82 Å². The van der Waals surface area contributed by atoms with Crippen LogP contribution in [0.3, 0.4) is 0 Å². The van der Waals surface area contributed by atoms with Crippen LogP contribution in [0.5, 0.6) is 0 Å². The summed E-state index contributed by atoms with van der Waals surface area (Å²) in [6.07, 6.45) is 1.34. The van der Waals surface area contributed by atoms with Crippen LogP contribution < -0.4 is 5.32 Å². The molecule has 4 heterocycles. The Labute approximate surface area is 175 Å². The molecule has 1 saturated heterocycles. The summed E-state index contributed by atoms with van der Waals surface area (Å²) in [5.41, 5.74) is 1.00. The van der Waals surface area contributed by atoms with Gasteiger partial charge in [0.2, 0.25) is 0 Å². The SMILES string of the molecule is CN1C[C@@H](c2ccc(F)cc2)[C@@]2(Sc3ncnn3C2=O)[C@@]12C(=O)Nc1ccccc12. The number of carbonyl (C=O) groups excluding carboxylic acids is 2. The number of nitrogens with zero attached hydrogens (tertiary/aromatic N) is 4. The number of likely N-dealkylation sites (N-methyl/N-ethyl adjacent to an activating group) is 1. The van der Waals surface area contributed by atoms with E-state index in [-0.39, 0.29) is 23.5 Å². The highest BCUT2D eigenvalue weighted by Gasteiger charge is 2.77. The predicted octanol–water partition coefficient (Wildman–Crippen LogP) is 2.48. The molecule has 150 valence electrons. The highest BCUT2D eigenvalue weighted by Crippen LogP contribution is 2.66. The Morgan fingerprint density at radius 1 is 1.17 bits per heavy atom. The Balaban J connectivity index is 1.66. The van der Waals surface area contributed by atoms with Crippen molar-refractivity contribution in [1.82, 2.24) is 19.7 Å². The van der Waals surface area contributed by atoms with Gasteiger partial charge in [-0.2, -0.15) is 9.78 Å². The van der Waals surface area contributed by atoms with E-state index in [1.807, 2.05) is 36.2 Å². The Kier molecular flexibility index (Phi) is 3.42. The van der Waals surface area contributed by atoms with Crippen LogP contribution in [0.25, 0.3) is 0 Å². The van der Waals surface area contributed by atoms with Crippen LogP contribution in [0.4, 0.5) is 10.1 Å². The van der Waals surface area contributed by atoms with Crippen molar-refractivity contribution in [3.05, 3.63) is 71.8 Å². The van der Waals surface area contributed by atoms with Crippen molar-refractivity contribution in [1.29, 1.82) is 0 Å². The van der Waals surface area contributed by atoms with Crippen LogP contribution in [-0.2, 0) is 10.3 Å².